The van der Waals surface area contributed by atoms with E-state index in [4.69, 9.17) is 14.7 Å². The fourth-order valence-electron chi connectivity index (χ4n) is 0. The summed E-state index contributed by atoms with van der Waals surface area (Å²) in [6.07, 6.45) is 0.750. The molecule has 0 atom stereocenters. The molecule has 0 radical (unpaired) electrons. The third kappa shape index (κ3) is 630. The molecular weight excluding hydrogens is 144 g/mol. The van der Waals surface area contributed by atoms with E-state index in [0.717, 1.165) is 13.2 Å². The number of carboxylic acids is 1. The van der Waals surface area contributed by atoms with E-state index < -0.39 is 5.97 Å². The molecule has 0 rings (SSSR count). The first kappa shape index (κ1) is 49.4. The second-order valence-corrected chi connectivity index (χ2v) is 0.755. The normalized spacial score (nSPS) is 3.45. The highest BCUT2D eigenvalue weighted by Gasteiger charge is 1.65. The Morgan fingerprint density at radius 2 is 1.18 bits per heavy atom. The van der Waals surface area contributed by atoms with Crippen LogP contribution in [0.4, 0.5) is 0 Å². The Balaban J connectivity index is -0.00000000848. The van der Waals surface area contributed by atoms with Gasteiger partial charge >= 0.3 is 0 Å². The monoisotopic (exact) mass is 168 g/mol. The van der Waals surface area contributed by atoms with Crippen molar-refractivity contribution in [1.29, 1.82) is 0 Å². The van der Waals surface area contributed by atoms with Gasteiger partial charge < -0.3 is 9.90 Å². The van der Waals surface area contributed by atoms with Crippen LogP contribution in [0.25, 0.3) is 0 Å². The molecule has 1 N–H and O–H groups in total. The Kier molecular flexibility index (Phi) is 276. The zero-order chi connectivity index (χ0) is 6.28. The smallest absolute Gasteiger partial charge is 0.300 e. The summed E-state index contributed by atoms with van der Waals surface area (Å²) in [6, 6.07) is 0. The summed E-state index contributed by atoms with van der Waals surface area (Å²) in [7, 11) is 0. The lowest BCUT2D eigenvalue weighted by molar-refractivity contribution is -0.134. The van der Waals surface area contributed by atoms with Crippen LogP contribution < -0.4 is 0 Å². The highest BCUT2D eigenvalue weighted by Crippen LogP contribution is 1.42. The van der Waals surface area contributed by atoms with Gasteiger partial charge in [0.25, 0.3) is 5.97 Å². The first-order valence-corrected chi connectivity index (χ1v) is 1.74. The number of hydrogen-bond donors (Lipinski definition) is 1. The molecule has 3 nitrogen and oxygen atoms in total. The highest BCUT2D eigenvalue weighted by atomic mass is 16.4. The number of carbonyl (C=O) groups is 2. The molecule has 0 saturated heterocycles. The Bertz CT molecular complexity index is 56.4. The van der Waals surface area contributed by atoms with Crippen molar-refractivity contribution in [1.82, 2.24) is 0 Å². The number of carboxylic acid groups (broad SMARTS) is 1. The minimum Gasteiger partial charge on any atom is -0.481 e. The van der Waals surface area contributed by atoms with Gasteiger partial charge in [0.05, 0.1) is 0 Å². The fraction of sp³-hybridized carbons (Fsp3) is 0.750. The van der Waals surface area contributed by atoms with Gasteiger partial charge in [-0.3, -0.25) is 4.79 Å². The predicted octanol–water partition coefficient (Wildman–Crippen LogP) is 2.84. The van der Waals surface area contributed by atoms with Crippen LogP contribution in [0.2, 0.25) is 0 Å². The van der Waals surface area contributed by atoms with Gasteiger partial charge in [0, 0.05) is 6.92 Å². The van der Waals surface area contributed by atoms with Crippen molar-refractivity contribution in [2.75, 3.05) is 0 Å². The molecule has 11 heavy (non-hydrogen) atoms. The molecular formula is C8H24O3. The maximum Gasteiger partial charge on any atom is 0.300 e. The minimum absolute atomic E-state index is 0. The van der Waals surface area contributed by atoms with Crippen molar-refractivity contribution in [3.8, 4) is 0 Å². The lowest BCUT2D eigenvalue weighted by atomic mass is 10.9. The minimum atomic E-state index is -0.833. The van der Waals surface area contributed by atoms with Crippen LogP contribution in [0.3, 0.4) is 0 Å². The summed E-state index contributed by atoms with van der Waals surface area (Å²) in [6.45, 7) is 2.53. The molecule has 0 amide bonds. The number of rotatable bonds is 0. The molecule has 0 unspecified atom stereocenters. The van der Waals surface area contributed by atoms with Crippen LogP contribution in [0.5, 0.6) is 0 Å². The fourth-order valence-corrected chi connectivity index (χ4v) is 0. The van der Waals surface area contributed by atoms with Crippen molar-refractivity contribution in [3.63, 3.8) is 0 Å². The van der Waals surface area contributed by atoms with E-state index in [1.165, 1.54) is 6.92 Å². The molecule has 0 aromatic rings. The molecule has 0 fully saturated rings. The maximum atomic E-state index is 9.00. The summed E-state index contributed by atoms with van der Waals surface area (Å²) < 4.78 is 0. The molecule has 0 heterocycles. The van der Waals surface area contributed by atoms with E-state index in [-0.39, 0.29) is 29.7 Å². The lowest BCUT2D eigenvalue weighted by Gasteiger charge is -1.59. The van der Waals surface area contributed by atoms with E-state index in [9.17, 15) is 0 Å². The van der Waals surface area contributed by atoms with Crippen molar-refractivity contribution < 1.29 is 14.7 Å². The van der Waals surface area contributed by atoms with Crippen LogP contribution in [0.15, 0.2) is 0 Å². The van der Waals surface area contributed by atoms with Crippen LogP contribution in [0, 0.1) is 0 Å². The lowest BCUT2D eigenvalue weighted by Crippen LogP contribution is -1.78. The van der Waals surface area contributed by atoms with Crippen LogP contribution in [0.1, 0.15) is 43.6 Å². The van der Waals surface area contributed by atoms with Gasteiger partial charge in [-0.25, -0.2) is 0 Å². The topological polar surface area (TPSA) is 54.4 Å². The quantitative estimate of drug-likeness (QED) is 0.566. The zero-order valence-electron chi connectivity index (χ0n) is 4.34. The first-order chi connectivity index (χ1) is 3.15. The van der Waals surface area contributed by atoms with E-state index in [1.54, 1.807) is 0 Å². The Morgan fingerprint density at radius 1 is 1.18 bits per heavy atom. The van der Waals surface area contributed by atoms with Gasteiger partial charge in [0.2, 0.25) is 0 Å². The van der Waals surface area contributed by atoms with Crippen molar-refractivity contribution in [2.24, 2.45) is 0 Å². The van der Waals surface area contributed by atoms with Crippen molar-refractivity contribution in [3.05, 3.63) is 0 Å². The van der Waals surface area contributed by atoms with E-state index >= 15 is 0 Å². The van der Waals surface area contributed by atoms with Gasteiger partial charge in [0.15, 0.2) is 0 Å². The van der Waals surface area contributed by atoms with Crippen LogP contribution >= 0.6 is 0 Å². The summed E-state index contributed by atoms with van der Waals surface area (Å²) in [5.74, 6) is -0.833. The van der Waals surface area contributed by atoms with Gasteiger partial charge in [-0.15, -0.1) is 0 Å². The molecule has 0 aliphatic rings. The molecule has 74 valence electrons. The molecule has 0 aromatic heterocycles. The van der Waals surface area contributed by atoms with Crippen LogP contribution in [-0.4, -0.2) is 17.4 Å². The number of aldehydes is 1. The van der Waals surface area contributed by atoms with E-state index in [0.29, 0.717) is 0 Å². The van der Waals surface area contributed by atoms with Crippen molar-refractivity contribution in [2.45, 2.75) is 43.6 Å². The SMILES string of the molecule is C.C.C.C.CC(=O)O.CC=O. The third-order valence-electron chi connectivity index (χ3n) is 0. The third-order valence-corrected chi connectivity index (χ3v) is 0. The second-order valence-electron chi connectivity index (χ2n) is 0.755. The van der Waals surface area contributed by atoms with Gasteiger partial charge in [-0.1, -0.05) is 29.7 Å². The molecule has 3 heteroatoms. The Morgan fingerprint density at radius 3 is 1.18 bits per heavy atom. The van der Waals surface area contributed by atoms with Gasteiger partial charge in [-0.05, 0) is 6.92 Å². The van der Waals surface area contributed by atoms with Gasteiger partial charge in [-0.2, -0.15) is 0 Å². The molecule has 0 aromatic carbocycles. The predicted molar refractivity (Wildman–Crippen MR) is 52.0 cm³/mol. The number of aliphatic carboxylic acids is 1. The largest absolute Gasteiger partial charge is 0.481 e. The summed E-state index contributed by atoms with van der Waals surface area (Å²) in [5, 5.41) is 7.42. The van der Waals surface area contributed by atoms with Crippen molar-refractivity contribution >= 4 is 12.3 Å². The number of carbonyl (C=O) groups excluding carboxylic acids is 1. The molecule has 0 saturated carbocycles. The Hall–Kier alpha value is -0.860. The molecule has 0 aliphatic heterocycles. The summed E-state index contributed by atoms with van der Waals surface area (Å²) in [5.41, 5.74) is 0. The van der Waals surface area contributed by atoms with E-state index in [1.807, 2.05) is 0 Å². The summed E-state index contributed by atoms with van der Waals surface area (Å²) in [4.78, 5) is 17.8. The first-order valence-electron chi connectivity index (χ1n) is 1.74. The number of hydrogen-bond acceptors (Lipinski definition) is 2. The highest BCUT2D eigenvalue weighted by molar-refractivity contribution is 5.62. The van der Waals surface area contributed by atoms with Gasteiger partial charge in [0.1, 0.15) is 6.29 Å². The molecule has 0 bridgehead atoms. The summed E-state index contributed by atoms with van der Waals surface area (Å²) >= 11 is 0. The Labute approximate surface area is 71.4 Å². The average Bonchev–Trinajstić information content (AvgIpc) is 1.33. The second kappa shape index (κ2) is 61.4. The van der Waals surface area contributed by atoms with Crippen LogP contribution in [-0.2, 0) is 9.59 Å². The standard InChI is InChI=1S/C2H4O2.C2H4O.4CH4/c1-2(3)4;1-2-3;;;;/h1H3,(H,3,4);2H,1H3;4*1H4. The zero-order valence-corrected chi connectivity index (χ0v) is 4.34. The maximum absolute atomic E-state index is 9.00. The molecule has 0 aliphatic carbocycles. The average molecular weight is 168 g/mol. The van der Waals surface area contributed by atoms with E-state index in [2.05, 4.69) is 0 Å². The molecule has 0 spiro atoms.